The monoisotopic (exact) mass is 312 g/mol. The van der Waals surface area contributed by atoms with Crippen molar-refractivity contribution >= 4 is 27.0 Å². The van der Waals surface area contributed by atoms with E-state index in [2.05, 4.69) is 4.72 Å². The van der Waals surface area contributed by atoms with Gasteiger partial charge in [-0.15, -0.1) is 11.3 Å². The molecule has 0 atom stereocenters. The molecule has 3 N–H and O–H groups in total. The first kappa shape index (κ1) is 14.8. The Morgan fingerprint density at radius 1 is 1.35 bits per heavy atom. The molecule has 20 heavy (non-hydrogen) atoms. The van der Waals surface area contributed by atoms with Crippen LogP contribution in [0.4, 0.5) is 5.69 Å². The molecular weight excluding hydrogens is 296 g/mol. The summed E-state index contributed by atoms with van der Waals surface area (Å²) >= 11 is 1.33. The first-order chi connectivity index (χ1) is 9.47. The summed E-state index contributed by atoms with van der Waals surface area (Å²) in [5.74, 6) is 0.714. The summed E-state index contributed by atoms with van der Waals surface area (Å²) in [6, 6.07) is 6.68. The number of nitrogens with one attached hydrogen (secondary N) is 1. The van der Waals surface area contributed by atoms with Crippen LogP contribution in [0.2, 0.25) is 0 Å². The molecule has 1 heterocycles. The van der Waals surface area contributed by atoms with Crippen molar-refractivity contribution < 1.29 is 13.2 Å². The maximum atomic E-state index is 12.3. The van der Waals surface area contributed by atoms with E-state index in [1.54, 1.807) is 36.8 Å². The summed E-state index contributed by atoms with van der Waals surface area (Å²) in [6.07, 6.45) is 0. The molecule has 7 heteroatoms. The maximum Gasteiger partial charge on any atom is 0.263 e. The molecule has 0 fully saturated rings. The lowest BCUT2D eigenvalue weighted by atomic mass is 10.2. The first-order valence-electron chi connectivity index (χ1n) is 5.92. The predicted molar refractivity (Wildman–Crippen MR) is 80.7 cm³/mol. The van der Waals surface area contributed by atoms with E-state index in [1.807, 2.05) is 6.92 Å². The molecule has 5 nitrogen and oxygen atoms in total. The molecule has 1 aromatic carbocycles. The van der Waals surface area contributed by atoms with Crippen LogP contribution in [0.15, 0.2) is 34.5 Å². The zero-order chi connectivity index (χ0) is 14.8. The van der Waals surface area contributed by atoms with Crippen molar-refractivity contribution in [2.24, 2.45) is 5.73 Å². The number of aryl methyl sites for hydroxylation is 1. The average molecular weight is 312 g/mol. The fourth-order valence-corrected chi connectivity index (χ4v) is 4.26. The normalized spacial score (nSPS) is 11.3. The summed E-state index contributed by atoms with van der Waals surface area (Å²) in [5, 5.41) is 1.72. The number of anilines is 1. The van der Waals surface area contributed by atoms with Gasteiger partial charge in [-0.1, -0.05) is 0 Å². The molecule has 0 bridgehead atoms. The topological polar surface area (TPSA) is 81.4 Å². The molecular formula is C13H16N2O3S2. The number of nitrogens with two attached hydrogens (primary N) is 1. The van der Waals surface area contributed by atoms with Crippen molar-refractivity contribution in [3.05, 3.63) is 40.1 Å². The number of hydrogen-bond acceptors (Lipinski definition) is 5. The lowest BCUT2D eigenvalue weighted by Crippen LogP contribution is -2.14. The van der Waals surface area contributed by atoms with Crippen molar-refractivity contribution in [2.75, 3.05) is 11.8 Å². The van der Waals surface area contributed by atoms with Crippen LogP contribution in [-0.4, -0.2) is 15.5 Å². The highest BCUT2D eigenvalue weighted by molar-refractivity contribution is 7.93. The van der Waals surface area contributed by atoms with Crippen LogP contribution in [-0.2, 0) is 16.6 Å². The summed E-state index contributed by atoms with van der Waals surface area (Å²) in [7, 11) is -2.04. The Hall–Kier alpha value is -1.57. The molecule has 0 aliphatic rings. The van der Waals surface area contributed by atoms with Crippen molar-refractivity contribution in [3.8, 4) is 5.75 Å². The molecule has 0 saturated heterocycles. The van der Waals surface area contributed by atoms with E-state index in [0.29, 0.717) is 16.3 Å². The minimum atomic E-state index is -3.61. The molecule has 108 valence electrons. The van der Waals surface area contributed by atoms with Gasteiger partial charge in [0, 0.05) is 17.1 Å². The van der Waals surface area contributed by atoms with Crippen LogP contribution in [0.3, 0.4) is 0 Å². The van der Waals surface area contributed by atoms with Gasteiger partial charge in [0.1, 0.15) is 10.6 Å². The van der Waals surface area contributed by atoms with Crippen molar-refractivity contribution in [1.29, 1.82) is 0 Å². The Balaban J connectivity index is 2.31. The highest BCUT2D eigenvalue weighted by Gasteiger charge is 2.19. The average Bonchev–Trinajstić information content (AvgIpc) is 2.87. The highest BCUT2D eigenvalue weighted by atomic mass is 32.2. The Morgan fingerprint density at radius 3 is 2.70 bits per heavy atom. The summed E-state index contributed by atoms with van der Waals surface area (Å²) in [4.78, 5) is 0.876. The molecule has 0 spiro atoms. The smallest absolute Gasteiger partial charge is 0.263 e. The third kappa shape index (κ3) is 2.95. The number of methoxy groups -OCH3 is 1. The highest BCUT2D eigenvalue weighted by Crippen LogP contribution is 2.26. The van der Waals surface area contributed by atoms with Gasteiger partial charge in [0.15, 0.2) is 0 Å². The molecule has 0 radical (unpaired) electrons. The van der Waals surface area contributed by atoms with Gasteiger partial charge in [-0.2, -0.15) is 0 Å². The van der Waals surface area contributed by atoms with Gasteiger partial charge in [0.05, 0.1) is 7.11 Å². The maximum absolute atomic E-state index is 12.3. The van der Waals surface area contributed by atoms with Gasteiger partial charge < -0.3 is 10.5 Å². The van der Waals surface area contributed by atoms with Crippen LogP contribution in [0.5, 0.6) is 5.75 Å². The zero-order valence-electron chi connectivity index (χ0n) is 11.2. The molecule has 2 aromatic rings. The fraction of sp³-hybridized carbons (Fsp3) is 0.231. The minimum absolute atomic E-state index is 0.204. The fourth-order valence-electron chi connectivity index (χ4n) is 1.87. The van der Waals surface area contributed by atoms with Crippen molar-refractivity contribution in [3.63, 3.8) is 0 Å². The van der Waals surface area contributed by atoms with Gasteiger partial charge in [-0.25, -0.2) is 8.42 Å². The van der Waals surface area contributed by atoms with E-state index >= 15 is 0 Å². The third-order valence-electron chi connectivity index (χ3n) is 2.83. The van der Waals surface area contributed by atoms with E-state index in [-0.39, 0.29) is 11.4 Å². The van der Waals surface area contributed by atoms with Crippen LogP contribution >= 0.6 is 11.3 Å². The number of benzene rings is 1. The van der Waals surface area contributed by atoms with E-state index in [0.717, 1.165) is 5.56 Å². The Bertz CT molecular complexity index is 708. The molecule has 0 aliphatic carbocycles. The lowest BCUT2D eigenvalue weighted by Gasteiger charge is -2.10. The predicted octanol–water partition coefficient (Wildman–Crippen LogP) is 2.32. The van der Waals surface area contributed by atoms with E-state index in [4.69, 9.17) is 10.5 Å². The molecule has 0 unspecified atom stereocenters. The van der Waals surface area contributed by atoms with Gasteiger partial charge >= 0.3 is 0 Å². The van der Waals surface area contributed by atoms with Gasteiger partial charge in [0.2, 0.25) is 0 Å². The summed E-state index contributed by atoms with van der Waals surface area (Å²) in [6.45, 7) is 2.06. The number of rotatable bonds is 5. The van der Waals surface area contributed by atoms with Crippen LogP contribution in [0.1, 0.15) is 10.4 Å². The third-order valence-corrected chi connectivity index (χ3v) is 5.36. The van der Waals surface area contributed by atoms with E-state index in [9.17, 15) is 8.42 Å². The minimum Gasteiger partial charge on any atom is -0.496 e. The summed E-state index contributed by atoms with van der Waals surface area (Å²) in [5.41, 5.74) is 6.90. The van der Waals surface area contributed by atoms with Crippen molar-refractivity contribution in [1.82, 2.24) is 0 Å². The van der Waals surface area contributed by atoms with Gasteiger partial charge in [0.25, 0.3) is 10.0 Å². The molecule has 0 saturated carbocycles. The molecule has 0 amide bonds. The standard InChI is InChI=1S/C13H16N2O3S2/c1-9-7-10(3-4-11(9)18-2)15-20(16,17)13-5-6-19-12(13)8-14/h3-7,15H,8,14H2,1-2H3. The number of ether oxygens (including phenoxy) is 1. The molecule has 1 aromatic heterocycles. The number of hydrogen-bond donors (Lipinski definition) is 2. The number of thiophene rings is 1. The quantitative estimate of drug-likeness (QED) is 0.888. The second kappa shape index (κ2) is 5.82. The second-order valence-electron chi connectivity index (χ2n) is 4.20. The SMILES string of the molecule is COc1ccc(NS(=O)(=O)c2ccsc2CN)cc1C. The van der Waals surface area contributed by atoms with E-state index < -0.39 is 10.0 Å². The molecule has 0 aliphatic heterocycles. The van der Waals surface area contributed by atoms with Crippen LogP contribution < -0.4 is 15.2 Å². The van der Waals surface area contributed by atoms with Crippen LogP contribution in [0, 0.1) is 6.92 Å². The zero-order valence-corrected chi connectivity index (χ0v) is 12.8. The first-order valence-corrected chi connectivity index (χ1v) is 8.28. The lowest BCUT2D eigenvalue weighted by molar-refractivity contribution is 0.412. The Labute approximate surface area is 122 Å². The van der Waals surface area contributed by atoms with Gasteiger partial charge in [-0.3, -0.25) is 4.72 Å². The summed E-state index contributed by atoms with van der Waals surface area (Å²) < 4.78 is 32.3. The number of sulfonamides is 1. The van der Waals surface area contributed by atoms with Gasteiger partial charge in [-0.05, 0) is 42.1 Å². The Kier molecular flexibility index (Phi) is 4.32. The van der Waals surface area contributed by atoms with Crippen LogP contribution in [0.25, 0.3) is 0 Å². The Morgan fingerprint density at radius 2 is 2.10 bits per heavy atom. The second-order valence-corrected chi connectivity index (χ2v) is 6.85. The largest absolute Gasteiger partial charge is 0.496 e. The molecule has 2 rings (SSSR count). The van der Waals surface area contributed by atoms with Crippen molar-refractivity contribution in [2.45, 2.75) is 18.4 Å². The van der Waals surface area contributed by atoms with E-state index in [1.165, 1.54) is 11.3 Å².